The van der Waals surface area contributed by atoms with E-state index < -0.39 is 0 Å². The number of furan rings is 1. The number of hydrogen-bond donors (Lipinski definition) is 3. The molecule has 0 atom stereocenters. The summed E-state index contributed by atoms with van der Waals surface area (Å²) < 4.78 is 4.84. The first-order valence-electron chi connectivity index (χ1n) is 2.35. The van der Waals surface area contributed by atoms with Gasteiger partial charge in [0.1, 0.15) is 0 Å². The van der Waals surface area contributed by atoms with E-state index in [2.05, 4.69) is 37.9 Å². The molecule has 0 bridgehead atoms. The highest BCUT2D eigenvalue weighted by molar-refractivity contribution is 7.85. The largest absolute Gasteiger partial charge is 0.445 e. The van der Waals surface area contributed by atoms with Gasteiger partial charge in [0, 0.05) is 0 Å². The summed E-state index contributed by atoms with van der Waals surface area (Å²) in [5, 5.41) is 0.315. The molecule has 1 rings (SSSR count). The van der Waals surface area contributed by atoms with E-state index in [0.717, 1.165) is 0 Å². The van der Waals surface area contributed by atoms with Crippen molar-refractivity contribution in [3.63, 3.8) is 0 Å². The monoisotopic (exact) mass is 192 g/mol. The predicted molar refractivity (Wildman–Crippen MR) is 45.9 cm³/mol. The lowest BCUT2D eigenvalue weighted by Gasteiger charge is -1.82. The Hall–Kier alpha value is -0.000000000000000111. The second-order valence-corrected chi connectivity index (χ2v) is 2.89. The SMILES string of the molecule is O=Cc1oc(S)c(S)c1S. The van der Waals surface area contributed by atoms with E-state index in [9.17, 15) is 4.79 Å². The molecule has 0 amide bonds. The van der Waals surface area contributed by atoms with Crippen molar-refractivity contribution in [2.45, 2.75) is 14.9 Å². The molecule has 0 aliphatic carbocycles. The average Bonchev–Trinajstić information content (AvgIpc) is 2.17. The van der Waals surface area contributed by atoms with Crippen LogP contribution in [0.5, 0.6) is 0 Å². The first-order valence-corrected chi connectivity index (χ1v) is 3.70. The summed E-state index contributed by atoms with van der Waals surface area (Å²) in [6.07, 6.45) is 0.571. The fourth-order valence-electron chi connectivity index (χ4n) is 0.499. The maximum absolute atomic E-state index is 10.2. The minimum atomic E-state index is 0.165. The molecule has 0 aromatic carbocycles. The molecule has 0 spiro atoms. The average molecular weight is 192 g/mol. The van der Waals surface area contributed by atoms with E-state index in [1.165, 1.54) is 0 Å². The van der Waals surface area contributed by atoms with Crippen LogP contribution in [0.4, 0.5) is 0 Å². The molecule has 1 aromatic heterocycles. The second kappa shape index (κ2) is 2.94. The molecule has 54 valence electrons. The second-order valence-electron chi connectivity index (χ2n) is 1.59. The number of aldehydes is 1. The molecular formula is C5H4O2S3. The maximum atomic E-state index is 10.2. The summed E-state index contributed by atoms with van der Waals surface area (Å²) in [7, 11) is 0. The standard InChI is InChI=1S/C5H4O2S3/c6-1-2-3(8)4(9)5(10)7-2/h1,8-10H. The normalized spacial score (nSPS) is 9.90. The number of rotatable bonds is 1. The summed E-state index contributed by atoms with van der Waals surface area (Å²) in [5.74, 6) is 0.165. The van der Waals surface area contributed by atoms with Crippen LogP contribution in [0, 0.1) is 0 Å². The van der Waals surface area contributed by atoms with Crippen LogP contribution in [0.3, 0.4) is 0 Å². The Kier molecular flexibility index (Phi) is 2.38. The summed E-state index contributed by atoms with van der Waals surface area (Å²) >= 11 is 11.8. The zero-order valence-electron chi connectivity index (χ0n) is 4.74. The third-order valence-electron chi connectivity index (χ3n) is 0.974. The number of carbonyl (C=O) groups excluding carboxylic acids is 1. The Bertz CT molecular complexity index is 266. The zero-order valence-corrected chi connectivity index (χ0v) is 7.42. The van der Waals surface area contributed by atoms with Crippen molar-refractivity contribution in [3.8, 4) is 0 Å². The predicted octanol–water partition coefficient (Wildman–Crippen LogP) is 1.96. The van der Waals surface area contributed by atoms with Crippen LogP contribution in [0.1, 0.15) is 10.6 Å². The summed E-state index contributed by atoms with van der Waals surface area (Å²) in [4.78, 5) is 11.1. The smallest absolute Gasteiger partial charge is 0.186 e. The lowest BCUT2D eigenvalue weighted by Crippen LogP contribution is -1.72. The molecule has 1 heterocycles. The number of hydrogen-bond acceptors (Lipinski definition) is 5. The van der Waals surface area contributed by atoms with Crippen LogP contribution in [-0.4, -0.2) is 6.29 Å². The van der Waals surface area contributed by atoms with Crippen molar-refractivity contribution in [1.82, 2.24) is 0 Å². The van der Waals surface area contributed by atoms with Gasteiger partial charge in [0.15, 0.2) is 17.1 Å². The molecular weight excluding hydrogens is 188 g/mol. The van der Waals surface area contributed by atoms with E-state index >= 15 is 0 Å². The minimum absolute atomic E-state index is 0.165. The van der Waals surface area contributed by atoms with Crippen LogP contribution in [0.25, 0.3) is 0 Å². The topological polar surface area (TPSA) is 30.2 Å². The van der Waals surface area contributed by atoms with Gasteiger partial charge in [-0.1, -0.05) is 0 Å². The molecule has 0 radical (unpaired) electrons. The molecule has 0 N–H and O–H groups in total. The third-order valence-corrected chi connectivity index (χ3v) is 2.51. The molecule has 0 saturated carbocycles. The van der Waals surface area contributed by atoms with Gasteiger partial charge < -0.3 is 4.42 Å². The van der Waals surface area contributed by atoms with Gasteiger partial charge in [-0.3, -0.25) is 4.79 Å². The fourth-order valence-corrected chi connectivity index (χ4v) is 1.15. The maximum Gasteiger partial charge on any atom is 0.186 e. The van der Waals surface area contributed by atoms with Crippen molar-refractivity contribution in [1.29, 1.82) is 0 Å². The van der Waals surface area contributed by atoms with E-state index in [-0.39, 0.29) is 5.76 Å². The van der Waals surface area contributed by atoms with Gasteiger partial charge in [0.2, 0.25) is 0 Å². The van der Waals surface area contributed by atoms with E-state index in [1.807, 2.05) is 0 Å². The highest BCUT2D eigenvalue weighted by atomic mass is 32.1. The van der Waals surface area contributed by atoms with Gasteiger partial charge in [-0.25, -0.2) is 0 Å². The zero-order chi connectivity index (χ0) is 7.72. The van der Waals surface area contributed by atoms with Gasteiger partial charge in [0.25, 0.3) is 0 Å². The van der Waals surface area contributed by atoms with Gasteiger partial charge in [-0.05, 0) is 0 Å². The Labute approximate surface area is 74.2 Å². The molecule has 0 aliphatic rings. The van der Waals surface area contributed by atoms with E-state index in [4.69, 9.17) is 4.42 Å². The van der Waals surface area contributed by atoms with Gasteiger partial charge >= 0.3 is 0 Å². The van der Waals surface area contributed by atoms with Crippen molar-refractivity contribution in [3.05, 3.63) is 5.76 Å². The highest BCUT2D eigenvalue weighted by Gasteiger charge is 2.10. The molecule has 10 heavy (non-hydrogen) atoms. The highest BCUT2D eigenvalue weighted by Crippen LogP contribution is 2.30. The lowest BCUT2D eigenvalue weighted by molar-refractivity contribution is 0.109. The molecule has 1 aromatic rings. The molecule has 5 heteroatoms. The van der Waals surface area contributed by atoms with Gasteiger partial charge in [-0.2, -0.15) is 0 Å². The molecule has 0 aliphatic heterocycles. The van der Waals surface area contributed by atoms with Crippen LogP contribution in [-0.2, 0) is 0 Å². The fraction of sp³-hybridized carbons (Fsp3) is 0. The van der Waals surface area contributed by atoms with Crippen LogP contribution in [0.2, 0.25) is 0 Å². The Morgan fingerprint density at radius 2 is 1.80 bits per heavy atom. The Morgan fingerprint density at radius 1 is 1.20 bits per heavy atom. The first kappa shape index (κ1) is 8.10. The van der Waals surface area contributed by atoms with Crippen LogP contribution in [0.15, 0.2) is 19.3 Å². The van der Waals surface area contributed by atoms with Crippen molar-refractivity contribution in [2.75, 3.05) is 0 Å². The van der Waals surface area contributed by atoms with Crippen molar-refractivity contribution >= 4 is 44.2 Å². The van der Waals surface area contributed by atoms with E-state index in [0.29, 0.717) is 21.2 Å². The first-order chi connectivity index (χ1) is 4.66. The molecule has 0 unspecified atom stereocenters. The van der Waals surface area contributed by atoms with Gasteiger partial charge in [0.05, 0.1) is 9.79 Å². The van der Waals surface area contributed by atoms with Crippen LogP contribution >= 0.6 is 37.9 Å². The minimum Gasteiger partial charge on any atom is -0.445 e. The lowest BCUT2D eigenvalue weighted by atomic mass is 10.5. The van der Waals surface area contributed by atoms with Crippen molar-refractivity contribution < 1.29 is 9.21 Å². The van der Waals surface area contributed by atoms with Crippen molar-refractivity contribution in [2.24, 2.45) is 0 Å². The third kappa shape index (κ3) is 1.21. The molecule has 0 fully saturated rings. The van der Waals surface area contributed by atoms with Crippen LogP contribution < -0.4 is 0 Å². The quantitative estimate of drug-likeness (QED) is 0.469. The van der Waals surface area contributed by atoms with E-state index in [1.54, 1.807) is 0 Å². The Balaban J connectivity index is 3.30. The summed E-state index contributed by atoms with van der Waals surface area (Å²) in [6.45, 7) is 0. The summed E-state index contributed by atoms with van der Waals surface area (Å²) in [6, 6.07) is 0. The summed E-state index contributed by atoms with van der Waals surface area (Å²) in [5.41, 5.74) is 0. The number of carbonyl (C=O) groups is 1. The number of thiol groups is 3. The Morgan fingerprint density at radius 3 is 2.00 bits per heavy atom. The van der Waals surface area contributed by atoms with Gasteiger partial charge in [-0.15, -0.1) is 37.9 Å². The molecule has 0 saturated heterocycles. The molecule has 2 nitrogen and oxygen atoms in total.